The van der Waals surface area contributed by atoms with Gasteiger partial charge < -0.3 is 4.57 Å². The second kappa shape index (κ2) is 8.85. The van der Waals surface area contributed by atoms with Gasteiger partial charge in [0, 0.05) is 18.6 Å². The van der Waals surface area contributed by atoms with E-state index < -0.39 is 9.84 Å². The molecule has 0 spiro atoms. The quantitative estimate of drug-likeness (QED) is 0.576. The fourth-order valence-corrected chi connectivity index (χ4v) is 5.13. The normalized spacial score (nSPS) is 12.6. The summed E-state index contributed by atoms with van der Waals surface area (Å²) in [6.45, 7) is 4.97. The highest BCUT2D eigenvalue weighted by Gasteiger charge is 2.11. The molecule has 0 atom stereocenters. The minimum absolute atomic E-state index is 0.138. The van der Waals surface area contributed by atoms with Gasteiger partial charge in [0.15, 0.2) is 14.6 Å². The Morgan fingerprint density at radius 2 is 1.79 bits per heavy atom. The van der Waals surface area contributed by atoms with Gasteiger partial charge >= 0.3 is 0 Å². The van der Waals surface area contributed by atoms with Gasteiger partial charge in [-0.25, -0.2) is 8.42 Å². The van der Waals surface area contributed by atoms with Gasteiger partial charge in [0.05, 0.1) is 21.5 Å². The van der Waals surface area contributed by atoms with E-state index in [2.05, 4.69) is 41.8 Å². The van der Waals surface area contributed by atoms with Crippen LogP contribution in [0.25, 0.3) is 10.2 Å². The Morgan fingerprint density at radius 1 is 1.14 bits per heavy atom. The Bertz CT molecular complexity index is 1220. The maximum absolute atomic E-state index is 12.6. The number of hydrogen-bond donors (Lipinski definition) is 0. The molecule has 0 radical (unpaired) electrons. The van der Waals surface area contributed by atoms with Gasteiger partial charge in [0.2, 0.25) is 0 Å². The first-order valence-electron chi connectivity index (χ1n) is 9.15. The van der Waals surface area contributed by atoms with E-state index in [4.69, 9.17) is 0 Å². The Hall–Kier alpha value is -1.90. The van der Waals surface area contributed by atoms with Crippen LogP contribution in [-0.2, 0) is 27.6 Å². The Balaban J connectivity index is 1.94. The van der Waals surface area contributed by atoms with Crippen molar-refractivity contribution in [2.45, 2.75) is 31.7 Å². The molecule has 29 heavy (non-hydrogen) atoms. The van der Waals surface area contributed by atoms with Gasteiger partial charge in [-0.1, -0.05) is 23.5 Å². The van der Waals surface area contributed by atoms with E-state index >= 15 is 0 Å². The molecule has 154 valence electrons. The van der Waals surface area contributed by atoms with Gasteiger partial charge in [-0.3, -0.25) is 4.79 Å². The Kier molecular flexibility index (Phi) is 6.65. The molecule has 3 aromatic rings. The Labute approximate surface area is 179 Å². The zero-order valence-electron chi connectivity index (χ0n) is 16.9. The maximum Gasteiger partial charge on any atom is 0.252 e. The molecule has 0 N–H and O–H groups in total. The summed E-state index contributed by atoms with van der Waals surface area (Å²) in [6.07, 6.45) is 3.37. The van der Waals surface area contributed by atoms with Crippen molar-refractivity contribution in [3.63, 3.8) is 0 Å². The summed E-state index contributed by atoms with van der Waals surface area (Å²) in [7, 11) is -3.25. The van der Waals surface area contributed by atoms with E-state index in [9.17, 15) is 13.2 Å². The number of thiazole rings is 1. The molecule has 0 unspecified atom stereocenters. The second-order valence-electron chi connectivity index (χ2n) is 7.03. The summed E-state index contributed by atoms with van der Waals surface area (Å²) >= 11 is 3.29. The molecule has 0 saturated heterocycles. The van der Waals surface area contributed by atoms with Crippen molar-refractivity contribution in [3.05, 3.63) is 57.9 Å². The highest BCUT2D eigenvalue weighted by Crippen LogP contribution is 2.22. The van der Waals surface area contributed by atoms with Crippen LogP contribution in [-0.4, -0.2) is 37.2 Å². The number of thioether (sulfide) groups is 1. The SMILES string of the molecule is CSCCn1c(=NC(=O)Cc2ccc(S(C)(=O)=O)cc2)sc2cc(C)c(C)cc21. The Morgan fingerprint density at radius 3 is 2.41 bits per heavy atom. The number of aromatic nitrogens is 1. The number of carbonyl (C=O) groups excluding carboxylic acids is 1. The summed E-state index contributed by atoms with van der Waals surface area (Å²) in [4.78, 5) is 17.9. The number of nitrogens with zero attached hydrogens (tertiary/aromatic N) is 2. The number of aryl methyl sites for hydroxylation is 3. The lowest BCUT2D eigenvalue weighted by atomic mass is 10.1. The molecule has 0 aliphatic heterocycles. The van der Waals surface area contributed by atoms with Gasteiger partial charge in [-0.2, -0.15) is 16.8 Å². The van der Waals surface area contributed by atoms with E-state index in [0.29, 0.717) is 4.80 Å². The van der Waals surface area contributed by atoms with Crippen LogP contribution in [0.2, 0.25) is 0 Å². The topological polar surface area (TPSA) is 68.5 Å². The van der Waals surface area contributed by atoms with Crippen molar-refractivity contribution in [2.75, 3.05) is 18.3 Å². The highest BCUT2D eigenvalue weighted by atomic mass is 32.2. The monoisotopic (exact) mass is 448 g/mol. The van der Waals surface area contributed by atoms with E-state index in [1.807, 2.05) is 0 Å². The van der Waals surface area contributed by atoms with E-state index in [1.165, 1.54) is 40.9 Å². The zero-order chi connectivity index (χ0) is 21.2. The molecule has 1 heterocycles. The fourth-order valence-electron chi connectivity index (χ4n) is 2.98. The summed E-state index contributed by atoms with van der Waals surface area (Å²) in [5.41, 5.74) is 4.29. The van der Waals surface area contributed by atoms with Crippen LogP contribution in [0.5, 0.6) is 0 Å². The smallest absolute Gasteiger partial charge is 0.252 e. The van der Waals surface area contributed by atoms with E-state index in [0.717, 1.165) is 28.1 Å². The third-order valence-electron chi connectivity index (χ3n) is 4.74. The third-order valence-corrected chi connectivity index (χ3v) is 7.50. The number of fused-ring (bicyclic) bond motifs is 1. The minimum atomic E-state index is -3.25. The molecule has 0 aliphatic rings. The summed E-state index contributed by atoms with van der Waals surface area (Å²) < 4.78 is 26.4. The summed E-state index contributed by atoms with van der Waals surface area (Å²) in [5, 5.41) is 0. The first-order valence-corrected chi connectivity index (χ1v) is 13.3. The van der Waals surface area contributed by atoms with Crippen molar-refractivity contribution in [1.29, 1.82) is 0 Å². The molecule has 0 saturated carbocycles. The number of amides is 1. The molecule has 3 rings (SSSR count). The lowest BCUT2D eigenvalue weighted by Crippen LogP contribution is -2.18. The number of rotatable bonds is 6. The largest absolute Gasteiger partial charge is 0.316 e. The van der Waals surface area contributed by atoms with E-state index in [-0.39, 0.29) is 17.2 Å². The lowest BCUT2D eigenvalue weighted by molar-refractivity contribution is -0.117. The van der Waals surface area contributed by atoms with Gasteiger partial charge in [0.1, 0.15) is 0 Å². The minimum Gasteiger partial charge on any atom is -0.316 e. The predicted molar refractivity (Wildman–Crippen MR) is 121 cm³/mol. The molecule has 5 nitrogen and oxygen atoms in total. The summed E-state index contributed by atoms with van der Waals surface area (Å²) in [5.74, 6) is 0.697. The van der Waals surface area contributed by atoms with Gasteiger partial charge in [0.25, 0.3) is 5.91 Å². The molecular weight excluding hydrogens is 424 g/mol. The number of hydrogen-bond acceptors (Lipinski definition) is 5. The predicted octanol–water partition coefficient (Wildman–Crippen LogP) is 3.76. The van der Waals surface area contributed by atoms with Crippen LogP contribution < -0.4 is 4.80 Å². The van der Waals surface area contributed by atoms with Crippen molar-refractivity contribution in [3.8, 4) is 0 Å². The first-order chi connectivity index (χ1) is 13.7. The average Bonchev–Trinajstić information content (AvgIpc) is 2.95. The molecule has 0 aliphatic carbocycles. The second-order valence-corrected chi connectivity index (χ2v) is 11.0. The number of sulfone groups is 1. The zero-order valence-corrected chi connectivity index (χ0v) is 19.4. The summed E-state index contributed by atoms with van der Waals surface area (Å²) in [6, 6.07) is 10.7. The third kappa shape index (κ3) is 5.18. The van der Waals surface area contributed by atoms with Crippen LogP contribution in [0, 0.1) is 13.8 Å². The molecule has 1 amide bonds. The van der Waals surface area contributed by atoms with Crippen LogP contribution in [0.1, 0.15) is 16.7 Å². The molecule has 0 fully saturated rings. The van der Waals surface area contributed by atoms with Gasteiger partial charge in [-0.15, -0.1) is 0 Å². The van der Waals surface area contributed by atoms with Crippen LogP contribution >= 0.6 is 23.1 Å². The van der Waals surface area contributed by atoms with Crippen LogP contribution in [0.15, 0.2) is 46.3 Å². The first kappa shape index (κ1) is 21.8. The van der Waals surface area contributed by atoms with E-state index in [1.54, 1.807) is 23.9 Å². The highest BCUT2D eigenvalue weighted by molar-refractivity contribution is 7.98. The van der Waals surface area contributed by atoms with Crippen molar-refractivity contribution in [1.82, 2.24) is 4.57 Å². The number of carbonyl (C=O) groups is 1. The molecule has 2 aromatic carbocycles. The van der Waals surface area contributed by atoms with Gasteiger partial charge in [-0.05, 0) is 61.1 Å². The van der Waals surface area contributed by atoms with Crippen LogP contribution in [0.4, 0.5) is 0 Å². The standard InChI is InChI=1S/C21H24N2O3S3/c1-14-11-18-19(12-15(14)2)28-21(23(18)9-10-27-3)22-20(24)13-16-5-7-17(8-6-16)29(4,25)26/h5-8,11-12H,9-10,13H2,1-4H3. The molecule has 8 heteroatoms. The fraction of sp³-hybridized carbons (Fsp3) is 0.333. The molecular formula is C21H24N2O3S3. The number of benzene rings is 2. The van der Waals surface area contributed by atoms with Crippen LogP contribution in [0.3, 0.4) is 0 Å². The molecule has 1 aromatic heterocycles. The van der Waals surface area contributed by atoms with Crippen molar-refractivity contribution in [2.24, 2.45) is 4.99 Å². The maximum atomic E-state index is 12.6. The van der Waals surface area contributed by atoms with Crippen molar-refractivity contribution >= 4 is 49.1 Å². The lowest BCUT2D eigenvalue weighted by Gasteiger charge is -2.06. The van der Waals surface area contributed by atoms with Crippen molar-refractivity contribution < 1.29 is 13.2 Å². The average molecular weight is 449 g/mol. The molecule has 0 bridgehead atoms.